The second kappa shape index (κ2) is 10.2. The molecule has 0 aromatic heterocycles. The van der Waals surface area contributed by atoms with Gasteiger partial charge in [0.25, 0.3) is 11.8 Å². The van der Waals surface area contributed by atoms with E-state index in [-0.39, 0.29) is 11.6 Å². The predicted molar refractivity (Wildman–Crippen MR) is 109 cm³/mol. The lowest BCUT2D eigenvalue weighted by Gasteiger charge is -2.25. The summed E-state index contributed by atoms with van der Waals surface area (Å²) < 4.78 is 0. The van der Waals surface area contributed by atoms with Gasteiger partial charge in [-0.3, -0.25) is 9.59 Å². The van der Waals surface area contributed by atoms with E-state index in [2.05, 4.69) is 10.6 Å². The van der Waals surface area contributed by atoms with Crippen LogP contribution in [0, 0.1) is 12.8 Å². The normalized spacial score (nSPS) is 13.3. The van der Waals surface area contributed by atoms with Crippen LogP contribution in [-0.2, 0) is 9.59 Å². The molecule has 0 spiro atoms. The van der Waals surface area contributed by atoms with E-state index in [4.69, 9.17) is 0 Å². The molecule has 0 heterocycles. The number of hydrogen-bond donors (Lipinski definition) is 2. The molecule has 152 valence electrons. The summed E-state index contributed by atoms with van der Waals surface area (Å²) in [5.41, 5.74) is 2.04. The minimum Gasteiger partial charge on any atom is -0.548 e. The van der Waals surface area contributed by atoms with E-state index < -0.39 is 23.8 Å². The van der Waals surface area contributed by atoms with Crippen molar-refractivity contribution < 1.29 is 19.5 Å². The number of hydrogen-bond acceptors (Lipinski definition) is 4. The van der Waals surface area contributed by atoms with Gasteiger partial charge < -0.3 is 20.5 Å². The first-order chi connectivity index (χ1) is 13.8. The minimum absolute atomic E-state index is 0.0451. The van der Waals surface area contributed by atoms with Crippen LogP contribution in [0.15, 0.2) is 60.3 Å². The van der Waals surface area contributed by atoms with E-state index in [0.717, 1.165) is 5.56 Å². The van der Waals surface area contributed by atoms with E-state index in [9.17, 15) is 19.5 Å². The van der Waals surface area contributed by atoms with Crippen LogP contribution in [-0.4, -0.2) is 23.8 Å². The lowest BCUT2D eigenvalue weighted by atomic mass is 9.99. The highest BCUT2D eigenvalue weighted by molar-refractivity contribution is 6.06. The lowest BCUT2D eigenvalue weighted by molar-refractivity contribution is -0.309. The standard InChI is InChI=1S/C23H26N2O4/c1-4-16(3)20(23(28)29)25-22(27)19(14-17-8-6-5-7-9-17)24-21(26)18-12-10-15(2)11-13-18/h5-14,16,20H,4H2,1-3H3,(H,24,26)(H,25,27)(H,28,29)/p-1/b19-14+/t16-,20-/m0/s1. The summed E-state index contributed by atoms with van der Waals surface area (Å²) in [5, 5.41) is 16.5. The number of carbonyl (C=O) groups excluding carboxylic acids is 3. The number of carboxylic acid groups (broad SMARTS) is 1. The Labute approximate surface area is 170 Å². The Kier molecular flexibility index (Phi) is 7.71. The van der Waals surface area contributed by atoms with Crippen molar-refractivity contribution in [2.75, 3.05) is 0 Å². The second-order valence-corrected chi connectivity index (χ2v) is 6.94. The van der Waals surface area contributed by atoms with Crippen LogP contribution in [0.1, 0.15) is 41.8 Å². The summed E-state index contributed by atoms with van der Waals surface area (Å²) in [6, 6.07) is 14.7. The summed E-state index contributed by atoms with van der Waals surface area (Å²) in [5.74, 6) is -2.84. The van der Waals surface area contributed by atoms with Crippen molar-refractivity contribution in [1.82, 2.24) is 10.6 Å². The molecule has 6 nitrogen and oxygen atoms in total. The van der Waals surface area contributed by atoms with Crippen molar-refractivity contribution in [2.24, 2.45) is 5.92 Å². The Morgan fingerprint density at radius 2 is 1.66 bits per heavy atom. The summed E-state index contributed by atoms with van der Waals surface area (Å²) in [4.78, 5) is 36.9. The molecule has 6 heteroatoms. The molecule has 2 N–H and O–H groups in total. The number of nitrogens with one attached hydrogen (secondary N) is 2. The average Bonchev–Trinajstić information content (AvgIpc) is 2.71. The van der Waals surface area contributed by atoms with E-state index in [1.54, 1.807) is 55.5 Å². The highest BCUT2D eigenvalue weighted by Crippen LogP contribution is 2.11. The first-order valence-corrected chi connectivity index (χ1v) is 9.48. The van der Waals surface area contributed by atoms with Crippen LogP contribution in [0.25, 0.3) is 6.08 Å². The summed E-state index contributed by atoms with van der Waals surface area (Å²) in [7, 11) is 0. The molecule has 0 unspecified atom stereocenters. The zero-order chi connectivity index (χ0) is 21.4. The number of amides is 2. The molecule has 2 amide bonds. The molecular formula is C23H25N2O4-. The van der Waals surface area contributed by atoms with Crippen molar-refractivity contribution in [2.45, 2.75) is 33.2 Å². The van der Waals surface area contributed by atoms with E-state index in [1.807, 2.05) is 19.9 Å². The summed E-state index contributed by atoms with van der Waals surface area (Å²) >= 11 is 0. The molecule has 29 heavy (non-hydrogen) atoms. The lowest BCUT2D eigenvalue weighted by Crippen LogP contribution is -2.52. The number of aliphatic carboxylic acids is 1. The predicted octanol–water partition coefficient (Wildman–Crippen LogP) is 2.05. The van der Waals surface area contributed by atoms with Gasteiger partial charge in [-0.25, -0.2) is 0 Å². The van der Waals surface area contributed by atoms with Crippen LogP contribution < -0.4 is 15.7 Å². The van der Waals surface area contributed by atoms with Gasteiger partial charge in [-0.1, -0.05) is 68.3 Å². The number of rotatable bonds is 8. The summed E-state index contributed by atoms with van der Waals surface area (Å²) in [6.45, 7) is 5.45. The van der Waals surface area contributed by atoms with Gasteiger partial charge in [0.05, 0.1) is 12.0 Å². The largest absolute Gasteiger partial charge is 0.548 e. The van der Waals surface area contributed by atoms with Gasteiger partial charge >= 0.3 is 0 Å². The highest BCUT2D eigenvalue weighted by atomic mass is 16.4. The van der Waals surface area contributed by atoms with Crippen molar-refractivity contribution in [3.05, 3.63) is 77.0 Å². The molecule has 2 rings (SSSR count). The van der Waals surface area contributed by atoms with Crippen molar-refractivity contribution in [1.29, 1.82) is 0 Å². The Bertz CT molecular complexity index is 889. The maximum atomic E-state index is 12.8. The van der Waals surface area contributed by atoms with Crippen LogP contribution >= 0.6 is 0 Å². The van der Waals surface area contributed by atoms with Crippen molar-refractivity contribution >= 4 is 23.9 Å². The van der Waals surface area contributed by atoms with Gasteiger partial charge in [0.15, 0.2) is 0 Å². The highest BCUT2D eigenvalue weighted by Gasteiger charge is 2.22. The van der Waals surface area contributed by atoms with Gasteiger partial charge in [-0.05, 0) is 36.6 Å². The number of carboxylic acids is 1. The van der Waals surface area contributed by atoms with Crippen LogP contribution in [0.3, 0.4) is 0 Å². The maximum absolute atomic E-state index is 12.8. The first kappa shape index (κ1) is 21.9. The zero-order valence-electron chi connectivity index (χ0n) is 16.8. The smallest absolute Gasteiger partial charge is 0.268 e. The average molecular weight is 393 g/mol. The van der Waals surface area contributed by atoms with Gasteiger partial charge in [0.2, 0.25) is 0 Å². The Morgan fingerprint density at radius 1 is 1.03 bits per heavy atom. The van der Waals surface area contributed by atoms with E-state index in [1.165, 1.54) is 6.08 Å². The minimum atomic E-state index is -1.36. The molecule has 2 aromatic rings. The molecule has 0 bridgehead atoms. The van der Waals surface area contributed by atoms with Crippen LogP contribution in [0.5, 0.6) is 0 Å². The molecule has 0 saturated carbocycles. The SMILES string of the molecule is CC[C@H](C)[C@H](NC(=O)/C(=C\c1ccccc1)NC(=O)c1ccc(C)cc1)C(=O)[O-]. The number of aryl methyl sites for hydroxylation is 1. The zero-order valence-corrected chi connectivity index (χ0v) is 16.8. The molecule has 0 saturated heterocycles. The third-order valence-corrected chi connectivity index (χ3v) is 4.67. The van der Waals surface area contributed by atoms with Gasteiger partial charge in [0.1, 0.15) is 5.70 Å². The van der Waals surface area contributed by atoms with Gasteiger partial charge in [-0.2, -0.15) is 0 Å². The quantitative estimate of drug-likeness (QED) is 0.671. The van der Waals surface area contributed by atoms with Gasteiger partial charge in [-0.15, -0.1) is 0 Å². The first-order valence-electron chi connectivity index (χ1n) is 9.48. The molecule has 0 aliphatic carbocycles. The molecule has 0 aliphatic heterocycles. The molecule has 2 atom stereocenters. The Hall–Kier alpha value is -3.41. The Balaban J connectivity index is 2.30. The fourth-order valence-corrected chi connectivity index (χ4v) is 2.66. The van der Waals surface area contributed by atoms with E-state index in [0.29, 0.717) is 17.5 Å². The number of benzene rings is 2. The molecule has 0 fully saturated rings. The second-order valence-electron chi connectivity index (χ2n) is 6.94. The van der Waals surface area contributed by atoms with Crippen molar-refractivity contribution in [3.63, 3.8) is 0 Å². The molecule has 0 radical (unpaired) electrons. The molecule has 0 aliphatic rings. The van der Waals surface area contributed by atoms with E-state index >= 15 is 0 Å². The Morgan fingerprint density at radius 3 is 2.21 bits per heavy atom. The third-order valence-electron chi connectivity index (χ3n) is 4.67. The maximum Gasteiger partial charge on any atom is 0.268 e. The van der Waals surface area contributed by atoms with Crippen molar-refractivity contribution in [3.8, 4) is 0 Å². The fourth-order valence-electron chi connectivity index (χ4n) is 2.66. The molecule has 2 aromatic carbocycles. The molecular weight excluding hydrogens is 368 g/mol. The topological polar surface area (TPSA) is 98.3 Å². The van der Waals surface area contributed by atoms with Crippen LogP contribution in [0.4, 0.5) is 0 Å². The summed E-state index contributed by atoms with van der Waals surface area (Å²) in [6.07, 6.45) is 2.05. The third kappa shape index (κ3) is 6.31. The number of carbonyl (C=O) groups is 3. The fraction of sp³-hybridized carbons (Fsp3) is 0.261. The monoisotopic (exact) mass is 393 g/mol. The van der Waals surface area contributed by atoms with Gasteiger partial charge in [0, 0.05) is 5.56 Å². The van der Waals surface area contributed by atoms with Crippen LogP contribution in [0.2, 0.25) is 0 Å².